The van der Waals surface area contributed by atoms with Gasteiger partial charge < -0.3 is 14.8 Å². The minimum atomic E-state index is 0.0349. The number of carbonyl (C=O) groups excluding carboxylic acids is 2. The zero-order chi connectivity index (χ0) is 21.8. The van der Waals surface area contributed by atoms with E-state index >= 15 is 0 Å². The van der Waals surface area contributed by atoms with E-state index in [2.05, 4.69) is 5.32 Å². The summed E-state index contributed by atoms with van der Waals surface area (Å²) in [4.78, 5) is 31.9. The van der Waals surface area contributed by atoms with Crippen LogP contribution in [0.3, 0.4) is 0 Å². The van der Waals surface area contributed by atoms with Crippen LogP contribution in [0.15, 0.2) is 54.6 Å². The quantitative estimate of drug-likeness (QED) is 0.535. The van der Waals surface area contributed by atoms with Crippen LogP contribution in [-0.2, 0) is 22.6 Å². The second-order valence-corrected chi connectivity index (χ2v) is 8.46. The number of rotatable bonds is 9. The lowest BCUT2D eigenvalue weighted by Gasteiger charge is -2.27. The molecule has 0 bridgehead atoms. The zero-order valence-corrected chi connectivity index (χ0v) is 18.3. The van der Waals surface area contributed by atoms with E-state index in [1.807, 2.05) is 77.9 Å². The van der Waals surface area contributed by atoms with Gasteiger partial charge in [0, 0.05) is 30.6 Å². The topological polar surface area (TPSA) is 67.2 Å². The Balaban J connectivity index is 1.51. The first-order chi connectivity index (χ1) is 15.0. The molecule has 0 radical (unpaired) electrons. The lowest BCUT2D eigenvalue weighted by Crippen LogP contribution is -2.39. The summed E-state index contributed by atoms with van der Waals surface area (Å²) in [5.41, 5.74) is 2.75. The Kier molecular flexibility index (Phi) is 6.35. The maximum Gasteiger partial charge on any atom is 0.247 e. The summed E-state index contributed by atoms with van der Waals surface area (Å²) < 4.78 is 2.03. The van der Waals surface area contributed by atoms with Crippen molar-refractivity contribution in [2.75, 3.05) is 11.4 Å². The molecule has 1 N–H and O–H groups in total. The molecule has 1 aliphatic carbocycles. The molecule has 0 spiro atoms. The van der Waals surface area contributed by atoms with Crippen LogP contribution in [-0.4, -0.2) is 34.0 Å². The van der Waals surface area contributed by atoms with E-state index in [0.717, 1.165) is 41.8 Å². The number of anilines is 1. The first-order valence-electron chi connectivity index (χ1n) is 11.1. The molecule has 1 saturated carbocycles. The molecule has 0 atom stereocenters. The van der Waals surface area contributed by atoms with E-state index in [1.165, 1.54) is 0 Å². The van der Waals surface area contributed by atoms with Crippen LogP contribution in [0.4, 0.5) is 5.69 Å². The van der Waals surface area contributed by atoms with E-state index in [4.69, 9.17) is 4.98 Å². The highest BCUT2D eigenvalue weighted by Gasteiger charge is 2.29. The van der Waals surface area contributed by atoms with Crippen molar-refractivity contribution in [2.24, 2.45) is 5.92 Å². The number of aromatic nitrogens is 2. The van der Waals surface area contributed by atoms with Crippen LogP contribution in [0.5, 0.6) is 0 Å². The zero-order valence-electron chi connectivity index (χ0n) is 18.3. The Morgan fingerprint density at radius 1 is 1.10 bits per heavy atom. The van der Waals surface area contributed by atoms with Crippen molar-refractivity contribution < 1.29 is 9.59 Å². The van der Waals surface area contributed by atoms with Crippen molar-refractivity contribution in [1.29, 1.82) is 0 Å². The molecule has 162 valence electrons. The van der Waals surface area contributed by atoms with Crippen molar-refractivity contribution in [1.82, 2.24) is 14.9 Å². The molecule has 0 unspecified atom stereocenters. The number of aryl methyl sites for hydroxylation is 1. The largest absolute Gasteiger partial charge is 0.356 e. The molecule has 1 heterocycles. The Bertz CT molecular complexity index is 1050. The Morgan fingerprint density at radius 2 is 1.81 bits per heavy atom. The van der Waals surface area contributed by atoms with Gasteiger partial charge in [-0.05, 0) is 57.4 Å². The molecule has 1 aromatic heterocycles. The summed E-state index contributed by atoms with van der Waals surface area (Å²) in [7, 11) is 0. The number of amides is 2. The molecule has 4 rings (SSSR count). The van der Waals surface area contributed by atoms with Gasteiger partial charge in [0.2, 0.25) is 11.8 Å². The molecule has 0 aliphatic heterocycles. The van der Waals surface area contributed by atoms with Crippen LogP contribution in [0.1, 0.15) is 38.9 Å². The smallest absolute Gasteiger partial charge is 0.247 e. The summed E-state index contributed by atoms with van der Waals surface area (Å²) in [6, 6.07) is 17.8. The van der Waals surface area contributed by atoms with Gasteiger partial charge in [-0.25, -0.2) is 4.98 Å². The molecule has 6 nitrogen and oxygen atoms in total. The molecule has 2 aromatic carbocycles. The van der Waals surface area contributed by atoms with Crippen LogP contribution >= 0.6 is 0 Å². The monoisotopic (exact) mass is 418 g/mol. The van der Waals surface area contributed by atoms with Gasteiger partial charge in [0.05, 0.1) is 11.0 Å². The highest BCUT2D eigenvalue weighted by Crippen LogP contribution is 2.28. The average molecular weight is 419 g/mol. The third-order valence-electron chi connectivity index (χ3n) is 5.67. The fourth-order valence-corrected chi connectivity index (χ4v) is 3.97. The van der Waals surface area contributed by atoms with Gasteiger partial charge in [0.25, 0.3) is 0 Å². The van der Waals surface area contributed by atoms with Crippen molar-refractivity contribution in [3.05, 3.63) is 60.4 Å². The Labute approximate surface area is 183 Å². The first-order valence-corrected chi connectivity index (χ1v) is 11.1. The van der Waals surface area contributed by atoms with Crippen molar-refractivity contribution in [2.45, 2.75) is 52.1 Å². The van der Waals surface area contributed by atoms with Gasteiger partial charge in [0.15, 0.2) is 0 Å². The Morgan fingerprint density at radius 3 is 2.52 bits per heavy atom. The maximum absolute atomic E-state index is 13.4. The molecule has 2 amide bonds. The van der Waals surface area contributed by atoms with Crippen molar-refractivity contribution in [3.8, 4) is 0 Å². The molecule has 6 heteroatoms. The molecule has 1 aliphatic rings. The van der Waals surface area contributed by atoms with Gasteiger partial charge in [-0.15, -0.1) is 0 Å². The first kappa shape index (κ1) is 21.1. The second kappa shape index (κ2) is 9.33. The van der Waals surface area contributed by atoms with E-state index in [1.54, 1.807) is 0 Å². The van der Waals surface area contributed by atoms with Crippen molar-refractivity contribution in [3.63, 3.8) is 0 Å². The predicted octanol–water partition coefficient (Wildman–Crippen LogP) is 3.94. The third-order valence-corrected chi connectivity index (χ3v) is 5.67. The number of fused-ring (bicyclic) bond motifs is 1. The summed E-state index contributed by atoms with van der Waals surface area (Å²) in [6.45, 7) is 4.92. The standard InChI is InChI=1S/C25H30N4O2/c1-18(2)29(20-9-4-3-5-10-20)24(30)17-28-22-12-7-6-11-21(22)27-23(28)13-8-16-26-25(31)19-14-15-19/h3-7,9-12,18-19H,8,13-17H2,1-2H3,(H,26,31). The molecular formula is C25H30N4O2. The lowest BCUT2D eigenvalue weighted by molar-refractivity contribution is -0.122. The third kappa shape index (κ3) is 4.95. The summed E-state index contributed by atoms with van der Waals surface area (Å²) in [5.74, 6) is 1.31. The molecular weight excluding hydrogens is 388 g/mol. The molecule has 1 fully saturated rings. The van der Waals surface area contributed by atoms with Crippen molar-refractivity contribution >= 4 is 28.5 Å². The lowest BCUT2D eigenvalue weighted by atomic mass is 10.2. The molecule has 3 aromatic rings. The molecule has 0 saturated heterocycles. The predicted molar refractivity (Wildman–Crippen MR) is 123 cm³/mol. The SMILES string of the molecule is CC(C)N(C(=O)Cn1c(CCCNC(=O)C2CC2)nc2ccccc21)c1ccccc1. The number of nitrogens with zero attached hydrogens (tertiary/aromatic N) is 3. The maximum atomic E-state index is 13.4. The number of carbonyl (C=O) groups is 2. The van der Waals surface area contributed by atoms with Crippen LogP contribution < -0.4 is 10.2 Å². The van der Waals surface area contributed by atoms with Gasteiger partial charge in [-0.2, -0.15) is 0 Å². The fourth-order valence-electron chi connectivity index (χ4n) is 3.97. The highest BCUT2D eigenvalue weighted by atomic mass is 16.2. The van der Waals surface area contributed by atoms with E-state index in [9.17, 15) is 9.59 Å². The number of hydrogen-bond acceptors (Lipinski definition) is 3. The van der Waals surface area contributed by atoms with E-state index < -0.39 is 0 Å². The number of para-hydroxylation sites is 3. The summed E-state index contributed by atoms with van der Waals surface area (Å²) >= 11 is 0. The normalized spacial score (nSPS) is 13.5. The number of benzene rings is 2. The summed E-state index contributed by atoms with van der Waals surface area (Å²) in [6.07, 6.45) is 3.53. The molecule has 31 heavy (non-hydrogen) atoms. The second-order valence-electron chi connectivity index (χ2n) is 8.46. The Hall–Kier alpha value is -3.15. The van der Waals surface area contributed by atoms with Crippen LogP contribution in [0.2, 0.25) is 0 Å². The number of nitrogens with one attached hydrogen (secondary N) is 1. The minimum absolute atomic E-state index is 0.0349. The van der Waals surface area contributed by atoms with Gasteiger partial charge in [0.1, 0.15) is 12.4 Å². The minimum Gasteiger partial charge on any atom is -0.356 e. The van der Waals surface area contributed by atoms with E-state index in [0.29, 0.717) is 13.0 Å². The number of imidazole rings is 1. The van der Waals surface area contributed by atoms with Crippen LogP contribution in [0.25, 0.3) is 11.0 Å². The van der Waals surface area contributed by atoms with Crippen LogP contribution in [0, 0.1) is 5.92 Å². The number of hydrogen-bond donors (Lipinski definition) is 1. The van der Waals surface area contributed by atoms with E-state index in [-0.39, 0.29) is 30.3 Å². The van der Waals surface area contributed by atoms with Gasteiger partial charge >= 0.3 is 0 Å². The van der Waals surface area contributed by atoms with Gasteiger partial charge in [-0.3, -0.25) is 9.59 Å². The van der Waals surface area contributed by atoms with Gasteiger partial charge in [-0.1, -0.05) is 30.3 Å². The highest BCUT2D eigenvalue weighted by molar-refractivity contribution is 5.94. The summed E-state index contributed by atoms with van der Waals surface area (Å²) in [5, 5.41) is 3.01. The fraction of sp³-hybridized carbons (Fsp3) is 0.400. The average Bonchev–Trinajstić information content (AvgIpc) is 3.56.